The second-order valence-corrected chi connectivity index (χ2v) is 6.31. The molecule has 1 fully saturated rings. The lowest BCUT2D eigenvalue weighted by Gasteiger charge is -2.39. The molecule has 20 heavy (non-hydrogen) atoms. The van der Waals surface area contributed by atoms with Crippen molar-refractivity contribution in [2.75, 3.05) is 13.7 Å². The van der Waals surface area contributed by atoms with E-state index in [0.29, 0.717) is 18.5 Å². The maximum Gasteiger partial charge on any atom is 0.188 e. The van der Waals surface area contributed by atoms with Crippen LogP contribution in [0, 0.1) is 5.92 Å². The van der Waals surface area contributed by atoms with Gasteiger partial charge in [-0.2, -0.15) is 0 Å². The second-order valence-electron chi connectivity index (χ2n) is 6.31. The van der Waals surface area contributed by atoms with Crippen LogP contribution in [0.25, 0.3) is 0 Å². The number of hydrogen-bond acceptors (Lipinski definition) is 2. The van der Waals surface area contributed by atoms with E-state index in [-0.39, 0.29) is 29.6 Å². The van der Waals surface area contributed by atoms with Gasteiger partial charge in [-0.25, -0.2) is 0 Å². The third kappa shape index (κ3) is 7.11. The van der Waals surface area contributed by atoms with Gasteiger partial charge in [0, 0.05) is 13.2 Å². The Bertz CT molecular complexity index is 285. The highest BCUT2D eigenvalue weighted by Gasteiger charge is 2.36. The first-order valence-corrected chi connectivity index (χ1v) is 7.59. The predicted molar refractivity (Wildman–Crippen MR) is 96.8 cm³/mol. The highest BCUT2D eigenvalue weighted by molar-refractivity contribution is 14.0. The largest absolute Gasteiger partial charge is 0.376 e. The summed E-state index contributed by atoms with van der Waals surface area (Å²) < 4.78 is 5.53. The molecule has 0 radical (unpaired) electrons. The van der Waals surface area contributed by atoms with Gasteiger partial charge in [-0.3, -0.25) is 4.99 Å². The molecule has 0 amide bonds. The zero-order valence-corrected chi connectivity index (χ0v) is 15.8. The first-order chi connectivity index (χ1) is 8.97. The highest BCUT2D eigenvalue weighted by atomic mass is 127. The summed E-state index contributed by atoms with van der Waals surface area (Å²) in [6.45, 7) is 7.37. The van der Waals surface area contributed by atoms with Crippen molar-refractivity contribution in [3.63, 3.8) is 0 Å². The van der Waals surface area contributed by atoms with Gasteiger partial charge in [0.2, 0.25) is 0 Å². The molecule has 3 N–H and O–H groups in total. The number of nitrogens with zero attached hydrogens (tertiary/aromatic N) is 1. The molecule has 0 heterocycles. The van der Waals surface area contributed by atoms with Crippen LogP contribution < -0.4 is 11.1 Å². The molecule has 5 heteroatoms. The Labute approximate surface area is 141 Å². The number of methoxy groups -OCH3 is 1. The van der Waals surface area contributed by atoms with Crippen LogP contribution in [0.1, 0.15) is 59.3 Å². The van der Waals surface area contributed by atoms with Crippen molar-refractivity contribution in [1.29, 1.82) is 0 Å². The smallest absolute Gasteiger partial charge is 0.188 e. The average molecular weight is 397 g/mol. The molecule has 120 valence electrons. The summed E-state index contributed by atoms with van der Waals surface area (Å²) in [5.41, 5.74) is 5.90. The van der Waals surface area contributed by atoms with E-state index in [1.807, 2.05) is 0 Å². The fourth-order valence-electron chi connectivity index (χ4n) is 2.43. The van der Waals surface area contributed by atoms with Crippen molar-refractivity contribution in [2.24, 2.45) is 16.6 Å². The van der Waals surface area contributed by atoms with Gasteiger partial charge in [0.25, 0.3) is 0 Å². The number of ether oxygens (including phenoxy) is 1. The van der Waals surface area contributed by atoms with Gasteiger partial charge in [0.05, 0.1) is 12.1 Å². The van der Waals surface area contributed by atoms with E-state index in [4.69, 9.17) is 10.5 Å². The molecule has 1 aliphatic carbocycles. The quantitative estimate of drug-likeness (QED) is 0.375. The van der Waals surface area contributed by atoms with Crippen molar-refractivity contribution in [3.05, 3.63) is 0 Å². The Morgan fingerprint density at radius 3 is 2.40 bits per heavy atom. The molecule has 0 aliphatic heterocycles. The zero-order chi connectivity index (χ0) is 14.3. The predicted octanol–water partition coefficient (Wildman–Crippen LogP) is 3.29. The van der Waals surface area contributed by atoms with Crippen molar-refractivity contribution < 1.29 is 4.74 Å². The molecule has 1 unspecified atom stereocenters. The normalized spacial score (nSPS) is 19.1. The number of nitrogens with one attached hydrogen (secondary N) is 1. The molecule has 1 atom stereocenters. The third-order valence-corrected chi connectivity index (χ3v) is 4.05. The van der Waals surface area contributed by atoms with Gasteiger partial charge in [-0.05, 0) is 38.5 Å². The molecule has 4 nitrogen and oxygen atoms in total. The third-order valence-electron chi connectivity index (χ3n) is 4.05. The van der Waals surface area contributed by atoms with Crippen LogP contribution >= 0.6 is 24.0 Å². The minimum absolute atomic E-state index is 0. The Hall–Kier alpha value is -0.0400. The maximum atomic E-state index is 5.93. The molecular weight excluding hydrogens is 365 g/mol. The van der Waals surface area contributed by atoms with Crippen LogP contribution in [0.2, 0.25) is 0 Å². The molecule has 1 saturated carbocycles. The Balaban J connectivity index is 0.00000361. The first kappa shape index (κ1) is 20.0. The summed E-state index contributed by atoms with van der Waals surface area (Å²) in [6, 6.07) is 0.391. The summed E-state index contributed by atoms with van der Waals surface area (Å²) in [4.78, 5) is 4.43. The molecular formula is C15H32IN3O. The maximum absolute atomic E-state index is 5.93. The lowest BCUT2D eigenvalue weighted by molar-refractivity contribution is -0.0630. The minimum atomic E-state index is -0.0345. The van der Waals surface area contributed by atoms with E-state index in [1.54, 1.807) is 7.11 Å². The molecule has 1 rings (SSSR count). The minimum Gasteiger partial charge on any atom is -0.376 e. The van der Waals surface area contributed by atoms with Crippen molar-refractivity contribution in [3.8, 4) is 0 Å². The number of rotatable bonds is 8. The molecule has 0 aromatic heterocycles. The van der Waals surface area contributed by atoms with Crippen LogP contribution in [0.4, 0.5) is 0 Å². The number of halogens is 1. The summed E-state index contributed by atoms with van der Waals surface area (Å²) in [7, 11) is 1.77. The van der Waals surface area contributed by atoms with E-state index in [0.717, 1.165) is 25.2 Å². The SMILES string of the molecule is COC1(CN=C(N)NC(C)CCCC(C)C)CCC1.I. The Morgan fingerprint density at radius 1 is 1.30 bits per heavy atom. The number of hydrogen-bond donors (Lipinski definition) is 2. The molecule has 0 aromatic carbocycles. The number of nitrogens with two attached hydrogens (primary N) is 1. The lowest BCUT2D eigenvalue weighted by Crippen LogP contribution is -2.44. The van der Waals surface area contributed by atoms with Gasteiger partial charge < -0.3 is 15.8 Å². The monoisotopic (exact) mass is 397 g/mol. The summed E-state index contributed by atoms with van der Waals surface area (Å²) in [5.74, 6) is 1.33. The summed E-state index contributed by atoms with van der Waals surface area (Å²) in [6.07, 6.45) is 7.09. The van der Waals surface area contributed by atoms with Gasteiger partial charge in [0.1, 0.15) is 0 Å². The highest BCUT2D eigenvalue weighted by Crippen LogP contribution is 2.35. The van der Waals surface area contributed by atoms with Crippen molar-refractivity contribution in [2.45, 2.75) is 70.9 Å². The molecule has 1 aliphatic rings. The molecule has 0 saturated heterocycles. The Kier molecular flexibility index (Phi) is 9.80. The van der Waals surface area contributed by atoms with Crippen molar-refractivity contribution >= 4 is 29.9 Å². The van der Waals surface area contributed by atoms with Crippen LogP contribution in [-0.2, 0) is 4.74 Å². The van der Waals surface area contributed by atoms with E-state index < -0.39 is 0 Å². The van der Waals surface area contributed by atoms with Gasteiger partial charge in [-0.1, -0.05) is 26.7 Å². The summed E-state index contributed by atoms with van der Waals surface area (Å²) in [5, 5.41) is 3.27. The van der Waals surface area contributed by atoms with Crippen molar-refractivity contribution in [1.82, 2.24) is 5.32 Å². The molecule has 0 bridgehead atoms. The second kappa shape index (κ2) is 9.82. The van der Waals surface area contributed by atoms with Gasteiger partial charge in [-0.15, -0.1) is 24.0 Å². The standard InChI is InChI=1S/C15H31N3O.HI/c1-12(2)7-5-8-13(3)18-14(16)17-11-15(19-4)9-6-10-15;/h12-13H,5-11H2,1-4H3,(H3,16,17,18);1H. The zero-order valence-electron chi connectivity index (χ0n) is 13.4. The topological polar surface area (TPSA) is 59.6 Å². The van der Waals surface area contributed by atoms with Crippen LogP contribution in [0.3, 0.4) is 0 Å². The van der Waals surface area contributed by atoms with E-state index in [1.165, 1.54) is 19.3 Å². The van der Waals surface area contributed by atoms with E-state index in [9.17, 15) is 0 Å². The molecule has 0 spiro atoms. The molecule has 0 aromatic rings. The first-order valence-electron chi connectivity index (χ1n) is 7.59. The number of guanidine groups is 1. The number of aliphatic imine (C=N–C) groups is 1. The fraction of sp³-hybridized carbons (Fsp3) is 0.933. The van der Waals surface area contributed by atoms with E-state index >= 15 is 0 Å². The summed E-state index contributed by atoms with van der Waals surface area (Å²) >= 11 is 0. The van der Waals surface area contributed by atoms with E-state index in [2.05, 4.69) is 31.1 Å². The average Bonchev–Trinajstić information content (AvgIpc) is 2.27. The van der Waals surface area contributed by atoms with Crippen LogP contribution in [-0.4, -0.2) is 31.3 Å². The fourth-order valence-corrected chi connectivity index (χ4v) is 2.43. The van der Waals surface area contributed by atoms with Gasteiger partial charge in [0.15, 0.2) is 5.96 Å². The lowest BCUT2D eigenvalue weighted by atomic mass is 9.80. The Morgan fingerprint density at radius 2 is 1.95 bits per heavy atom. The van der Waals surface area contributed by atoms with Gasteiger partial charge >= 0.3 is 0 Å². The van der Waals surface area contributed by atoms with Crippen LogP contribution in [0.5, 0.6) is 0 Å². The van der Waals surface area contributed by atoms with Crippen LogP contribution in [0.15, 0.2) is 4.99 Å².